The molecule has 0 atom stereocenters. The summed E-state index contributed by atoms with van der Waals surface area (Å²) in [5, 5.41) is 0. The number of carbonyl (C=O) groups excluding carboxylic acids is 1. The minimum atomic E-state index is 0.297. The van der Waals surface area contributed by atoms with Crippen LogP contribution in [0.2, 0.25) is 0 Å². The van der Waals surface area contributed by atoms with Crippen LogP contribution in [0.3, 0.4) is 0 Å². The van der Waals surface area contributed by atoms with Crippen LogP contribution in [0.1, 0.15) is 40.0 Å². The van der Waals surface area contributed by atoms with Crippen molar-refractivity contribution in [2.45, 2.75) is 40.0 Å². The van der Waals surface area contributed by atoms with Crippen molar-refractivity contribution in [1.82, 2.24) is 0 Å². The van der Waals surface area contributed by atoms with E-state index in [0.717, 1.165) is 6.29 Å². The molecule has 0 radical (unpaired) electrons. The number of rotatable bonds is 4. The lowest BCUT2D eigenvalue weighted by Crippen LogP contribution is -2.18. The Balaban J connectivity index is 2.72. The first-order valence-corrected chi connectivity index (χ1v) is 6.23. The number of hydrogen-bond donors (Lipinski definition) is 0. The monoisotopic (exact) mass is 230 g/mol. The highest BCUT2D eigenvalue weighted by Gasteiger charge is 2.26. The number of hydrogen-bond acceptors (Lipinski definition) is 1. The molecule has 1 rings (SSSR count). The zero-order chi connectivity index (χ0) is 12.7. The van der Waals surface area contributed by atoms with Gasteiger partial charge in [0, 0.05) is 0 Å². The van der Waals surface area contributed by atoms with E-state index in [0.29, 0.717) is 5.41 Å². The van der Waals surface area contributed by atoms with Crippen molar-refractivity contribution in [3.63, 3.8) is 0 Å². The molecule has 0 saturated heterocycles. The van der Waals surface area contributed by atoms with Gasteiger partial charge in [-0.05, 0) is 43.3 Å². The summed E-state index contributed by atoms with van der Waals surface area (Å²) in [6.45, 7) is 6.85. The first-order valence-electron chi connectivity index (χ1n) is 6.23. The average molecular weight is 230 g/mol. The predicted octanol–water partition coefficient (Wildman–Crippen LogP) is 4.38. The maximum absolute atomic E-state index is 10.1. The lowest BCUT2D eigenvalue weighted by atomic mass is 9.73. The summed E-state index contributed by atoms with van der Waals surface area (Å²) in [5.74, 6) is 0. The van der Waals surface area contributed by atoms with Gasteiger partial charge in [-0.15, -0.1) is 0 Å². The van der Waals surface area contributed by atoms with E-state index in [1.54, 1.807) is 6.08 Å². The molecular formula is C16H22O. The Morgan fingerprint density at radius 3 is 2.35 bits per heavy atom. The molecule has 0 aromatic rings. The van der Waals surface area contributed by atoms with Gasteiger partial charge in [-0.3, -0.25) is 4.79 Å². The van der Waals surface area contributed by atoms with Gasteiger partial charge < -0.3 is 0 Å². The van der Waals surface area contributed by atoms with Crippen LogP contribution in [0, 0.1) is 5.41 Å². The van der Waals surface area contributed by atoms with E-state index in [1.807, 2.05) is 12.2 Å². The highest BCUT2D eigenvalue weighted by Crippen LogP contribution is 2.40. The van der Waals surface area contributed by atoms with Gasteiger partial charge in [-0.1, -0.05) is 49.8 Å². The summed E-state index contributed by atoms with van der Waals surface area (Å²) >= 11 is 0. The molecule has 0 saturated carbocycles. The Kier molecular flexibility index (Phi) is 5.14. The summed E-state index contributed by atoms with van der Waals surface area (Å²) in [5.41, 5.74) is 3.27. The molecule has 17 heavy (non-hydrogen) atoms. The maximum Gasteiger partial charge on any atom is 0.142 e. The maximum atomic E-state index is 10.1. The molecule has 0 bridgehead atoms. The lowest BCUT2D eigenvalue weighted by Gasteiger charge is -2.32. The predicted molar refractivity (Wildman–Crippen MR) is 73.8 cm³/mol. The van der Waals surface area contributed by atoms with Crippen LogP contribution in [0.15, 0.2) is 47.6 Å². The average Bonchev–Trinajstić information content (AvgIpc) is 2.26. The largest absolute Gasteiger partial charge is 0.299 e. The standard InChI is InChI=1S/C16H22O/c1-14-10-9-12-16(2,3)15(14)11-7-5-4-6-8-13-17/h4-8,11,13H,9-10,12H2,1-3H3/b5-4+,8-6+,11-7+. The van der Waals surface area contributed by atoms with Crippen molar-refractivity contribution < 1.29 is 4.79 Å². The Morgan fingerprint density at radius 2 is 1.71 bits per heavy atom. The van der Waals surface area contributed by atoms with Gasteiger partial charge in [0.2, 0.25) is 0 Å². The third-order valence-corrected chi connectivity index (χ3v) is 3.33. The molecule has 1 nitrogen and oxygen atoms in total. The molecule has 0 fully saturated rings. The third-order valence-electron chi connectivity index (χ3n) is 3.33. The summed E-state index contributed by atoms with van der Waals surface area (Å²) in [7, 11) is 0. The molecule has 0 aliphatic heterocycles. The molecular weight excluding hydrogens is 208 g/mol. The van der Waals surface area contributed by atoms with Crippen molar-refractivity contribution in [3.05, 3.63) is 47.6 Å². The molecule has 0 aromatic heterocycles. The highest BCUT2D eigenvalue weighted by molar-refractivity contribution is 5.65. The van der Waals surface area contributed by atoms with E-state index in [-0.39, 0.29) is 0 Å². The lowest BCUT2D eigenvalue weighted by molar-refractivity contribution is -0.104. The second-order valence-electron chi connectivity index (χ2n) is 5.20. The third kappa shape index (κ3) is 4.18. The summed E-state index contributed by atoms with van der Waals surface area (Å²) in [6, 6.07) is 0. The molecule has 1 aliphatic carbocycles. The normalized spacial score (nSPS) is 20.9. The fourth-order valence-corrected chi connectivity index (χ4v) is 2.40. The molecule has 92 valence electrons. The number of carbonyl (C=O) groups is 1. The van der Waals surface area contributed by atoms with Crippen LogP contribution in [0.25, 0.3) is 0 Å². The van der Waals surface area contributed by atoms with Crippen molar-refractivity contribution in [2.75, 3.05) is 0 Å². The van der Waals surface area contributed by atoms with Gasteiger partial charge in [0.05, 0.1) is 0 Å². The minimum absolute atomic E-state index is 0.297. The van der Waals surface area contributed by atoms with Crippen molar-refractivity contribution in [2.24, 2.45) is 5.41 Å². The molecule has 1 heteroatoms. The molecule has 0 unspecified atom stereocenters. The highest BCUT2D eigenvalue weighted by atomic mass is 16.1. The van der Waals surface area contributed by atoms with Crippen LogP contribution in [-0.4, -0.2) is 6.29 Å². The second kappa shape index (κ2) is 6.39. The fourth-order valence-electron chi connectivity index (χ4n) is 2.40. The van der Waals surface area contributed by atoms with Gasteiger partial charge in [0.15, 0.2) is 0 Å². The Labute approximate surface area is 105 Å². The Hall–Kier alpha value is -1.37. The first-order chi connectivity index (χ1) is 8.08. The van der Waals surface area contributed by atoms with Crippen LogP contribution in [-0.2, 0) is 4.79 Å². The summed E-state index contributed by atoms with van der Waals surface area (Å²) in [6.07, 6.45) is 15.9. The quantitative estimate of drug-likeness (QED) is 0.398. The summed E-state index contributed by atoms with van der Waals surface area (Å²) < 4.78 is 0. The first kappa shape index (κ1) is 13.7. The molecule has 0 spiro atoms. The second-order valence-corrected chi connectivity index (χ2v) is 5.20. The number of aldehydes is 1. The zero-order valence-corrected chi connectivity index (χ0v) is 11.1. The Morgan fingerprint density at radius 1 is 1.06 bits per heavy atom. The molecule has 0 N–H and O–H groups in total. The van der Waals surface area contributed by atoms with Crippen molar-refractivity contribution in [1.29, 1.82) is 0 Å². The van der Waals surface area contributed by atoms with Gasteiger partial charge in [-0.25, -0.2) is 0 Å². The molecule has 1 aliphatic rings. The van der Waals surface area contributed by atoms with Gasteiger partial charge >= 0.3 is 0 Å². The fraction of sp³-hybridized carbons (Fsp3) is 0.438. The van der Waals surface area contributed by atoms with Gasteiger partial charge in [-0.2, -0.15) is 0 Å². The Bertz CT molecular complexity index is 378. The van der Waals surface area contributed by atoms with Gasteiger partial charge in [0.25, 0.3) is 0 Å². The van der Waals surface area contributed by atoms with Crippen LogP contribution >= 0.6 is 0 Å². The van der Waals surface area contributed by atoms with Crippen molar-refractivity contribution in [3.8, 4) is 0 Å². The van der Waals surface area contributed by atoms with E-state index in [9.17, 15) is 4.79 Å². The topological polar surface area (TPSA) is 17.1 Å². The van der Waals surface area contributed by atoms with Crippen LogP contribution in [0.5, 0.6) is 0 Å². The molecule has 0 heterocycles. The van der Waals surface area contributed by atoms with E-state index in [4.69, 9.17) is 0 Å². The SMILES string of the molecule is CC1=C(/C=C/C=C/C=C/C=O)C(C)(C)CCC1. The zero-order valence-electron chi connectivity index (χ0n) is 11.1. The molecule has 0 aromatic carbocycles. The van der Waals surface area contributed by atoms with E-state index in [1.165, 1.54) is 36.5 Å². The molecule has 0 amide bonds. The number of allylic oxidation sites excluding steroid dienone is 8. The summed E-state index contributed by atoms with van der Waals surface area (Å²) in [4.78, 5) is 10.1. The van der Waals surface area contributed by atoms with Crippen LogP contribution in [0.4, 0.5) is 0 Å². The van der Waals surface area contributed by atoms with Gasteiger partial charge in [0.1, 0.15) is 6.29 Å². The smallest absolute Gasteiger partial charge is 0.142 e. The van der Waals surface area contributed by atoms with E-state index < -0.39 is 0 Å². The van der Waals surface area contributed by atoms with E-state index in [2.05, 4.69) is 32.9 Å². The minimum Gasteiger partial charge on any atom is -0.299 e. The van der Waals surface area contributed by atoms with Crippen LogP contribution < -0.4 is 0 Å². The van der Waals surface area contributed by atoms with E-state index >= 15 is 0 Å². The van der Waals surface area contributed by atoms with Crippen molar-refractivity contribution >= 4 is 6.29 Å².